The molecule has 1 amide bonds. The zero-order valence-electron chi connectivity index (χ0n) is 16.0. The lowest BCUT2D eigenvalue weighted by molar-refractivity contribution is 0.100. The van der Waals surface area contributed by atoms with Crippen LogP contribution in [0.15, 0.2) is 48.5 Å². The van der Waals surface area contributed by atoms with Gasteiger partial charge in [-0.2, -0.15) is 0 Å². The first-order valence-corrected chi connectivity index (χ1v) is 10.1. The number of primary amides is 1. The van der Waals surface area contributed by atoms with Gasteiger partial charge in [-0.15, -0.1) is 0 Å². The van der Waals surface area contributed by atoms with Gasteiger partial charge in [0.15, 0.2) is 0 Å². The fourth-order valence-electron chi connectivity index (χ4n) is 3.71. The summed E-state index contributed by atoms with van der Waals surface area (Å²) in [6.07, 6.45) is 8.32. The van der Waals surface area contributed by atoms with E-state index in [4.69, 9.17) is 10.5 Å². The Labute approximate surface area is 162 Å². The molecule has 2 aromatic rings. The Bertz CT molecular complexity index is 719. The van der Waals surface area contributed by atoms with Crippen LogP contribution in [0, 0.1) is 5.92 Å². The summed E-state index contributed by atoms with van der Waals surface area (Å²) in [6, 6.07) is 15.3. The highest BCUT2D eigenvalue weighted by Crippen LogP contribution is 2.24. The summed E-state index contributed by atoms with van der Waals surface area (Å²) in [5.41, 5.74) is 7.89. The van der Waals surface area contributed by atoms with Gasteiger partial charge in [0.1, 0.15) is 12.4 Å². The van der Waals surface area contributed by atoms with Crippen molar-refractivity contribution in [3.05, 3.63) is 54.1 Å². The van der Waals surface area contributed by atoms with Crippen LogP contribution in [-0.2, 0) is 0 Å². The second kappa shape index (κ2) is 10.1. The molecular weight excluding hydrogens is 336 g/mol. The van der Waals surface area contributed by atoms with Crippen LogP contribution in [0.2, 0.25) is 0 Å². The van der Waals surface area contributed by atoms with Crippen molar-refractivity contribution in [3.8, 4) is 16.9 Å². The molecule has 4 heteroatoms. The maximum absolute atomic E-state index is 11.3. The van der Waals surface area contributed by atoms with Crippen LogP contribution >= 0.6 is 0 Å². The SMILES string of the molecule is NC(=O)c1cccc(-c2ccc(OCCNCC3CCCCCC3)cc2)c1. The molecule has 0 spiro atoms. The van der Waals surface area contributed by atoms with E-state index < -0.39 is 5.91 Å². The minimum absolute atomic E-state index is 0.409. The molecule has 0 atom stereocenters. The molecule has 144 valence electrons. The van der Waals surface area contributed by atoms with Crippen LogP contribution in [-0.4, -0.2) is 25.6 Å². The molecule has 0 saturated heterocycles. The van der Waals surface area contributed by atoms with E-state index in [-0.39, 0.29) is 0 Å². The van der Waals surface area contributed by atoms with Gasteiger partial charge in [-0.3, -0.25) is 4.79 Å². The molecule has 3 N–H and O–H groups in total. The molecule has 0 heterocycles. The monoisotopic (exact) mass is 366 g/mol. The molecule has 0 aromatic heterocycles. The van der Waals surface area contributed by atoms with Gasteiger partial charge in [0.25, 0.3) is 0 Å². The number of carbonyl (C=O) groups is 1. The first-order valence-electron chi connectivity index (χ1n) is 10.1. The Hall–Kier alpha value is -2.33. The third kappa shape index (κ3) is 6.10. The molecule has 0 bridgehead atoms. The van der Waals surface area contributed by atoms with Gasteiger partial charge in [-0.1, -0.05) is 49.9 Å². The smallest absolute Gasteiger partial charge is 0.248 e. The molecule has 27 heavy (non-hydrogen) atoms. The van der Waals surface area contributed by atoms with E-state index in [1.54, 1.807) is 6.07 Å². The summed E-state index contributed by atoms with van der Waals surface area (Å²) < 4.78 is 5.84. The molecule has 1 fully saturated rings. The number of nitrogens with one attached hydrogen (secondary N) is 1. The number of hydrogen-bond donors (Lipinski definition) is 2. The third-order valence-corrected chi connectivity index (χ3v) is 5.29. The van der Waals surface area contributed by atoms with Crippen molar-refractivity contribution in [1.82, 2.24) is 5.32 Å². The van der Waals surface area contributed by atoms with E-state index in [1.807, 2.05) is 42.5 Å². The van der Waals surface area contributed by atoms with Crippen molar-refractivity contribution in [3.63, 3.8) is 0 Å². The number of rotatable bonds is 8. The van der Waals surface area contributed by atoms with Crippen LogP contribution in [0.25, 0.3) is 11.1 Å². The van der Waals surface area contributed by atoms with Crippen molar-refractivity contribution in [2.45, 2.75) is 38.5 Å². The predicted octanol–water partition coefficient (Wildman–Crippen LogP) is 4.39. The highest BCUT2D eigenvalue weighted by Gasteiger charge is 2.11. The second-order valence-electron chi connectivity index (χ2n) is 7.38. The van der Waals surface area contributed by atoms with Gasteiger partial charge >= 0.3 is 0 Å². The van der Waals surface area contributed by atoms with Gasteiger partial charge in [-0.05, 0) is 60.7 Å². The average Bonchev–Trinajstić information content (AvgIpc) is 2.97. The van der Waals surface area contributed by atoms with E-state index in [9.17, 15) is 4.79 Å². The lowest BCUT2D eigenvalue weighted by Crippen LogP contribution is -2.27. The molecule has 0 aliphatic heterocycles. The van der Waals surface area contributed by atoms with E-state index in [0.29, 0.717) is 12.2 Å². The van der Waals surface area contributed by atoms with Crippen molar-refractivity contribution in [2.24, 2.45) is 11.7 Å². The quantitative estimate of drug-likeness (QED) is 0.538. The summed E-state index contributed by atoms with van der Waals surface area (Å²) in [4.78, 5) is 11.3. The summed E-state index contributed by atoms with van der Waals surface area (Å²) in [6.45, 7) is 2.65. The third-order valence-electron chi connectivity index (χ3n) is 5.29. The first kappa shape index (κ1) is 19.4. The highest BCUT2D eigenvalue weighted by molar-refractivity contribution is 5.94. The Morgan fingerprint density at radius 2 is 1.74 bits per heavy atom. The Morgan fingerprint density at radius 3 is 2.44 bits per heavy atom. The van der Waals surface area contributed by atoms with Crippen LogP contribution < -0.4 is 15.8 Å². The summed E-state index contributed by atoms with van der Waals surface area (Å²) in [5.74, 6) is 1.29. The maximum Gasteiger partial charge on any atom is 0.248 e. The molecule has 4 nitrogen and oxygen atoms in total. The van der Waals surface area contributed by atoms with E-state index in [2.05, 4.69) is 5.32 Å². The van der Waals surface area contributed by atoms with Crippen molar-refractivity contribution >= 4 is 5.91 Å². The highest BCUT2D eigenvalue weighted by atomic mass is 16.5. The molecule has 1 aliphatic rings. The topological polar surface area (TPSA) is 64.4 Å². The standard InChI is InChI=1S/C23H30N2O2/c24-23(26)21-9-5-8-20(16-21)19-10-12-22(13-11-19)27-15-14-25-17-18-6-3-1-2-4-7-18/h5,8-13,16,18,25H,1-4,6-7,14-15,17H2,(H2,24,26). The second-order valence-corrected chi connectivity index (χ2v) is 7.38. The van der Waals surface area contributed by atoms with Crippen LogP contribution in [0.5, 0.6) is 5.75 Å². The number of ether oxygens (including phenoxy) is 1. The van der Waals surface area contributed by atoms with Gasteiger partial charge in [0.2, 0.25) is 5.91 Å². The Kier molecular flexibility index (Phi) is 7.28. The normalized spacial score (nSPS) is 15.3. The molecule has 3 rings (SSSR count). The number of hydrogen-bond acceptors (Lipinski definition) is 3. The first-order chi connectivity index (χ1) is 13.2. The molecule has 1 saturated carbocycles. The van der Waals surface area contributed by atoms with Gasteiger partial charge in [0, 0.05) is 12.1 Å². The molecule has 0 radical (unpaired) electrons. The Balaban J connectivity index is 1.42. The zero-order chi connectivity index (χ0) is 18.9. The number of amides is 1. The molecule has 0 unspecified atom stereocenters. The number of benzene rings is 2. The van der Waals surface area contributed by atoms with Crippen molar-refractivity contribution < 1.29 is 9.53 Å². The minimum atomic E-state index is -0.409. The van der Waals surface area contributed by atoms with Crippen molar-refractivity contribution in [1.29, 1.82) is 0 Å². The van der Waals surface area contributed by atoms with E-state index >= 15 is 0 Å². The van der Waals surface area contributed by atoms with Crippen LogP contribution in [0.1, 0.15) is 48.9 Å². The predicted molar refractivity (Wildman–Crippen MR) is 110 cm³/mol. The van der Waals surface area contributed by atoms with E-state index in [1.165, 1.54) is 38.5 Å². The van der Waals surface area contributed by atoms with Crippen molar-refractivity contribution in [2.75, 3.05) is 19.7 Å². The van der Waals surface area contributed by atoms with Crippen LogP contribution in [0.3, 0.4) is 0 Å². The fraction of sp³-hybridized carbons (Fsp3) is 0.435. The number of carbonyl (C=O) groups excluding carboxylic acids is 1. The van der Waals surface area contributed by atoms with E-state index in [0.717, 1.165) is 35.9 Å². The zero-order valence-corrected chi connectivity index (χ0v) is 16.0. The number of nitrogens with two attached hydrogens (primary N) is 1. The van der Waals surface area contributed by atoms with Gasteiger partial charge < -0.3 is 15.8 Å². The summed E-state index contributed by atoms with van der Waals surface area (Å²) in [5, 5.41) is 3.54. The van der Waals surface area contributed by atoms with Gasteiger partial charge in [0.05, 0.1) is 0 Å². The molecule has 2 aromatic carbocycles. The fourth-order valence-corrected chi connectivity index (χ4v) is 3.71. The lowest BCUT2D eigenvalue weighted by Gasteiger charge is -2.15. The molecule has 1 aliphatic carbocycles. The Morgan fingerprint density at radius 1 is 1.00 bits per heavy atom. The van der Waals surface area contributed by atoms with Crippen LogP contribution in [0.4, 0.5) is 0 Å². The summed E-state index contributed by atoms with van der Waals surface area (Å²) in [7, 11) is 0. The molecular formula is C23H30N2O2. The summed E-state index contributed by atoms with van der Waals surface area (Å²) >= 11 is 0. The minimum Gasteiger partial charge on any atom is -0.492 e. The maximum atomic E-state index is 11.3. The van der Waals surface area contributed by atoms with Gasteiger partial charge in [-0.25, -0.2) is 0 Å². The largest absolute Gasteiger partial charge is 0.492 e. The lowest BCUT2D eigenvalue weighted by atomic mass is 10.0. The average molecular weight is 367 g/mol.